The summed E-state index contributed by atoms with van der Waals surface area (Å²) in [7, 11) is 4.17. The molecular formula is C47H59BrN2O2Zr+2. The van der Waals surface area contributed by atoms with Crippen LogP contribution in [0.2, 0.25) is 0 Å². The number of nitrogens with zero attached hydrogens (tertiary/aromatic N) is 2. The molecule has 0 aliphatic rings. The number of rotatable bonds is 11. The smallest absolute Gasteiger partial charge is 0.507 e. The Labute approximate surface area is 348 Å². The Balaban J connectivity index is 0.000000535. The van der Waals surface area contributed by atoms with Gasteiger partial charge in [-0.3, -0.25) is 4.90 Å². The Morgan fingerprint density at radius 1 is 0.623 bits per heavy atom. The SMILES string of the molecule is Cc1cc(Br)c(O)c(CCN(CCN(C)C)Cc2cc(C)cc(-c3c(C(C)C)cccc3C(C)C)c2O)c1.[CH2-]c1ccccc1.[CH2-]c1ccccc1.[Zr+4]. The van der Waals surface area contributed by atoms with E-state index in [2.05, 4.69) is 125 Å². The van der Waals surface area contributed by atoms with Gasteiger partial charge in [-0.1, -0.05) is 70.2 Å². The molecule has 0 aliphatic carbocycles. The molecule has 0 atom stereocenters. The fourth-order valence-corrected chi connectivity index (χ4v) is 6.73. The molecule has 6 heteroatoms. The zero-order valence-electron chi connectivity index (χ0n) is 33.1. The Morgan fingerprint density at radius 2 is 1.11 bits per heavy atom. The molecule has 2 N–H and O–H groups in total. The van der Waals surface area contributed by atoms with Crippen LogP contribution < -0.4 is 0 Å². The van der Waals surface area contributed by atoms with Gasteiger partial charge in [-0.05, 0) is 108 Å². The van der Waals surface area contributed by atoms with Crippen molar-refractivity contribution >= 4 is 15.9 Å². The molecule has 0 radical (unpaired) electrons. The number of hydrogen-bond donors (Lipinski definition) is 2. The molecule has 0 aliphatic heterocycles. The third kappa shape index (κ3) is 14.8. The first-order valence-corrected chi connectivity index (χ1v) is 19.0. The van der Waals surface area contributed by atoms with Crippen molar-refractivity contribution in [3.63, 3.8) is 0 Å². The van der Waals surface area contributed by atoms with Crippen LogP contribution in [0.25, 0.3) is 11.1 Å². The van der Waals surface area contributed by atoms with Gasteiger partial charge in [0.15, 0.2) is 0 Å². The van der Waals surface area contributed by atoms with Gasteiger partial charge in [0, 0.05) is 37.3 Å². The largest absolute Gasteiger partial charge is 4.00 e. The van der Waals surface area contributed by atoms with Crippen LogP contribution in [0.15, 0.2) is 108 Å². The molecule has 278 valence electrons. The molecule has 5 aromatic carbocycles. The summed E-state index contributed by atoms with van der Waals surface area (Å²) in [6, 6.07) is 34.5. The van der Waals surface area contributed by atoms with Gasteiger partial charge in [0.2, 0.25) is 0 Å². The molecule has 0 aromatic heterocycles. The first-order chi connectivity index (χ1) is 24.7. The molecule has 0 saturated carbocycles. The van der Waals surface area contributed by atoms with Crippen LogP contribution in [0.4, 0.5) is 0 Å². The van der Waals surface area contributed by atoms with Crippen molar-refractivity contribution in [2.75, 3.05) is 33.7 Å². The number of phenols is 2. The third-order valence-corrected chi connectivity index (χ3v) is 9.51. The number of aryl methyl sites for hydroxylation is 2. The Morgan fingerprint density at radius 3 is 1.57 bits per heavy atom. The standard InChI is InChI=1S/C33H45BrN2O2.2C7H7.Zr/c1-21(2)27-10-9-11-28(22(3)4)31(27)29-18-23(5)17-26(32(29)37)20-36(15-14-35(7)8)13-12-25-16-24(6)19-30(34)33(25)38;2*1-7-5-3-2-4-6-7;/h9-11,16-19,21-22,37-38H,12-15,20H2,1-8H3;2*2-6H,1H2;/q;2*-1;+4. The molecule has 0 bridgehead atoms. The van der Waals surface area contributed by atoms with E-state index < -0.39 is 0 Å². The van der Waals surface area contributed by atoms with Gasteiger partial charge in [-0.15, -0.1) is 24.3 Å². The fourth-order valence-electron chi connectivity index (χ4n) is 6.11. The van der Waals surface area contributed by atoms with Gasteiger partial charge in [0.1, 0.15) is 11.5 Å². The minimum absolute atomic E-state index is 0. The van der Waals surface area contributed by atoms with Gasteiger partial charge in [0.25, 0.3) is 0 Å². The quantitative estimate of drug-likeness (QED) is 0.130. The van der Waals surface area contributed by atoms with E-state index in [-0.39, 0.29) is 26.2 Å². The summed E-state index contributed by atoms with van der Waals surface area (Å²) in [5.74, 6) is 1.40. The average Bonchev–Trinajstić information content (AvgIpc) is 3.10. The average molecular weight is 855 g/mol. The van der Waals surface area contributed by atoms with Crippen molar-refractivity contribution in [1.82, 2.24) is 9.80 Å². The number of likely N-dealkylation sites (N-methyl/N-ethyl adjacent to an activating group) is 1. The summed E-state index contributed by atoms with van der Waals surface area (Å²) in [5.41, 5.74) is 10.9. The molecular weight excluding hydrogens is 796 g/mol. The second-order valence-electron chi connectivity index (χ2n) is 14.5. The van der Waals surface area contributed by atoms with Crippen LogP contribution in [0.3, 0.4) is 0 Å². The Kier molecular flexibility index (Phi) is 19.8. The van der Waals surface area contributed by atoms with Crippen LogP contribution in [-0.2, 0) is 39.2 Å². The molecule has 4 nitrogen and oxygen atoms in total. The number of hydrogen-bond acceptors (Lipinski definition) is 4. The van der Waals surface area contributed by atoms with Crippen molar-refractivity contribution in [1.29, 1.82) is 0 Å². The summed E-state index contributed by atoms with van der Waals surface area (Å²) < 4.78 is 0.734. The summed E-state index contributed by atoms with van der Waals surface area (Å²) in [6.07, 6.45) is 0.729. The predicted molar refractivity (Wildman–Crippen MR) is 226 cm³/mol. The molecule has 0 saturated heterocycles. The van der Waals surface area contributed by atoms with E-state index >= 15 is 0 Å². The maximum absolute atomic E-state index is 11.7. The summed E-state index contributed by atoms with van der Waals surface area (Å²) >= 11 is 3.48. The molecule has 0 amide bonds. The van der Waals surface area contributed by atoms with Crippen LogP contribution in [0, 0.1) is 27.7 Å². The molecule has 5 aromatic rings. The van der Waals surface area contributed by atoms with Crippen LogP contribution in [0.5, 0.6) is 11.5 Å². The molecule has 0 fully saturated rings. The minimum Gasteiger partial charge on any atom is -0.507 e. The normalized spacial score (nSPS) is 10.8. The first-order valence-electron chi connectivity index (χ1n) is 18.2. The first kappa shape index (κ1) is 45.9. The van der Waals surface area contributed by atoms with Crippen molar-refractivity contribution in [2.45, 2.75) is 66.3 Å². The van der Waals surface area contributed by atoms with Gasteiger partial charge >= 0.3 is 26.2 Å². The van der Waals surface area contributed by atoms with Crippen molar-refractivity contribution in [2.24, 2.45) is 0 Å². The number of halogens is 1. The fraction of sp³-hybridized carbons (Fsp3) is 0.319. The van der Waals surface area contributed by atoms with Crippen molar-refractivity contribution in [3.8, 4) is 22.6 Å². The van der Waals surface area contributed by atoms with Crippen LogP contribution in [-0.4, -0.2) is 53.7 Å². The minimum atomic E-state index is 0. The number of aromatic hydroxyl groups is 2. The van der Waals surface area contributed by atoms with Gasteiger partial charge < -0.3 is 15.1 Å². The van der Waals surface area contributed by atoms with Crippen LogP contribution >= 0.6 is 15.9 Å². The second-order valence-corrected chi connectivity index (χ2v) is 15.4. The van der Waals surface area contributed by atoms with Crippen molar-refractivity contribution < 1.29 is 36.4 Å². The topological polar surface area (TPSA) is 46.9 Å². The Hall–Kier alpha value is -3.28. The van der Waals surface area contributed by atoms with E-state index in [4.69, 9.17) is 0 Å². The van der Waals surface area contributed by atoms with E-state index in [9.17, 15) is 10.2 Å². The molecule has 0 heterocycles. The maximum Gasteiger partial charge on any atom is 4.00 e. The van der Waals surface area contributed by atoms with Gasteiger partial charge in [-0.25, -0.2) is 0 Å². The van der Waals surface area contributed by atoms with Gasteiger partial charge in [0.05, 0.1) is 4.47 Å². The zero-order chi connectivity index (χ0) is 38.4. The zero-order valence-corrected chi connectivity index (χ0v) is 37.1. The van der Waals surface area contributed by atoms with Crippen LogP contribution in [0.1, 0.15) is 84.0 Å². The van der Waals surface area contributed by atoms with E-state index in [1.165, 1.54) is 16.7 Å². The second kappa shape index (κ2) is 22.8. The molecule has 5 rings (SSSR count). The Bertz CT molecular complexity index is 1760. The maximum atomic E-state index is 11.7. The summed E-state index contributed by atoms with van der Waals surface area (Å²) in [6.45, 7) is 23.7. The predicted octanol–water partition coefficient (Wildman–Crippen LogP) is 11.7. The summed E-state index contributed by atoms with van der Waals surface area (Å²) in [4.78, 5) is 4.56. The summed E-state index contributed by atoms with van der Waals surface area (Å²) in [5, 5.41) is 22.3. The number of benzene rings is 5. The van der Waals surface area contributed by atoms with E-state index in [0.717, 1.165) is 69.5 Å². The molecule has 0 spiro atoms. The number of phenolic OH excluding ortho intramolecular Hbond substituents is 2. The van der Waals surface area contributed by atoms with E-state index in [1.807, 2.05) is 73.7 Å². The molecule has 53 heavy (non-hydrogen) atoms. The molecule has 0 unspecified atom stereocenters. The third-order valence-electron chi connectivity index (χ3n) is 8.90. The van der Waals surface area contributed by atoms with E-state index in [0.29, 0.717) is 29.9 Å². The van der Waals surface area contributed by atoms with E-state index in [1.54, 1.807) is 0 Å². The van der Waals surface area contributed by atoms with Gasteiger partial charge in [-0.2, -0.15) is 49.2 Å². The van der Waals surface area contributed by atoms with Crippen molar-refractivity contribution in [3.05, 3.63) is 166 Å². The monoisotopic (exact) mass is 852 g/mol.